The van der Waals surface area contributed by atoms with Crippen LogP contribution in [-0.4, -0.2) is 25.4 Å². The highest BCUT2D eigenvalue weighted by Crippen LogP contribution is 2.38. The molecule has 5 nitrogen and oxygen atoms in total. The van der Waals surface area contributed by atoms with Crippen LogP contribution in [0, 0.1) is 5.92 Å². The lowest BCUT2D eigenvalue weighted by Gasteiger charge is -2.24. The van der Waals surface area contributed by atoms with Crippen molar-refractivity contribution in [1.29, 1.82) is 0 Å². The fraction of sp³-hybridized carbons (Fsp3) is 0.450. The summed E-state index contributed by atoms with van der Waals surface area (Å²) in [4.78, 5) is 4.55. The number of methoxy groups -OCH3 is 1. The summed E-state index contributed by atoms with van der Waals surface area (Å²) < 4.78 is 10.7. The first-order valence-electron chi connectivity index (χ1n) is 8.84. The van der Waals surface area contributed by atoms with E-state index in [1.807, 2.05) is 38.1 Å². The van der Waals surface area contributed by atoms with Gasteiger partial charge in [0.1, 0.15) is 12.4 Å². The van der Waals surface area contributed by atoms with Crippen molar-refractivity contribution in [3.05, 3.63) is 41.2 Å². The average Bonchev–Trinajstić information content (AvgIpc) is 3.46. The Morgan fingerprint density at radius 1 is 1.27 bits per heavy atom. The molecular formula is C20H26ClN3O2. The fourth-order valence-electron chi connectivity index (χ4n) is 2.74. The minimum atomic E-state index is -0.534. The molecule has 1 aliphatic rings. The van der Waals surface area contributed by atoms with Gasteiger partial charge in [-0.3, -0.25) is 4.98 Å². The zero-order chi connectivity index (χ0) is 18.7. The maximum absolute atomic E-state index is 6.53. The summed E-state index contributed by atoms with van der Waals surface area (Å²) in [6, 6.07) is 7.89. The van der Waals surface area contributed by atoms with Crippen molar-refractivity contribution in [2.45, 2.75) is 32.3 Å². The second-order valence-corrected chi connectivity index (χ2v) is 7.58. The molecule has 26 heavy (non-hydrogen) atoms. The third-order valence-electron chi connectivity index (χ3n) is 4.69. The Labute approximate surface area is 159 Å². The number of benzene rings is 1. The van der Waals surface area contributed by atoms with Gasteiger partial charge in [0.05, 0.1) is 22.1 Å². The zero-order valence-corrected chi connectivity index (χ0v) is 16.3. The molecule has 2 aromatic rings. The summed E-state index contributed by atoms with van der Waals surface area (Å²) in [5.74, 6) is 0.772. The summed E-state index contributed by atoms with van der Waals surface area (Å²) >= 11 is 6.53. The number of nitrogen functional groups attached to an aromatic ring is 1. The van der Waals surface area contributed by atoms with Crippen molar-refractivity contribution in [3.8, 4) is 11.1 Å². The Hall–Kier alpha value is -1.82. The van der Waals surface area contributed by atoms with E-state index in [2.05, 4.69) is 10.3 Å². The van der Waals surface area contributed by atoms with Gasteiger partial charge >= 0.3 is 0 Å². The lowest BCUT2D eigenvalue weighted by molar-refractivity contribution is -0.120. The molecule has 1 aromatic heterocycles. The van der Waals surface area contributed by atoms with Gasteiger partial charge in [0.15, 0.2) is 0 Å². The van der Waals surface area contributed by atoms with Crippen LogP contribution >= 0.6 is 11.6 Å². The van der Waals surface area contributed by atoms with Gasteiger partial charge in [-0.15, -0.1) is 0 Å². The van der Waals surface area contributed by atoms with E-state index < -0.39 is 5.60 Å². The fourth-order valence-corrected chi connectivity index (χ4v) is 3.01. The van der Waals surface area contributed by atoms with Crippen LogP contribution in [0.15, 0.2) is 30.5 Å². The molecule has 140 valence electrons. The van der Waals surface area contributed by atoms with Crippen LogP contribution in [0.3, 0.4) is 0 Å². The molecule has 0 atom stereocenters. The maximum atomic E-state index is 6.53. The first kappa shape index (κ1) is 19.0. The molecule has 3 N–H and O–H groups in total. The van der Waals surface area contributed by atoms with Gasteiger partial charge < -0.3 is 20.5 Å². The van der Waals surface area contributed by atoms with Gasteiger partial charge in [-0.2, -0.15) is 0 Å². The Balaban J connectivity index is 1.79. The highest BCUT2D eigenvalue weighted by atomic mass is 35.5. The third-order valence-corrected chi connectivity index (χ3v) is 5.09. The Kier molecular flexibility index (Phi) is 5.70. The second kappa shape index (κ2) is 7.82. The van der Waals surface area contributed by atoms with Crippen LogP contribution < -0.4 is 11.1 Å². The lowest BCUT2D eigenvalue weighted by Crippen LogP contribution is -2.24. The smallest absolute Gasteiger partial charge is 0.147 e. The number of ether oxygens (including phenoxy) is 2. The van der Waals surface area contributed by atoms with Gasteiger partial charge in [0.2, 0.25) is 0 Å². The number of rotatable bonds is 8. The zero-order valence-electron chi connectivity index (χ0n) is 15.5. The first-order chi connectivity index (χ1) is 12.4. The molecule has 0 unspecified atom stereocenters. The molecule has 0 bridgehead atoms. The van der Waals surface area contributed by atoms with Crippen LogP contribution in [0.1, 0.15) is 32.4 Å². The van der Waals surface area contributed by atoms with Crippen molar-refractivity contribution in [2.24, 2.45) is 5.92 Å². The van der Waals surface area contributed by atoms with E-state index in [0.717, 1.165) is 35.0 Å². The monoisotopic (exact) mass is 375 g/mol. The Morgan fingerprint density at radius 2 is 2.04 bits per heavy atom. The highest BCUT2D eigenvalue weighted by molar-refractivity contribution is 6.36. The number of nitrogens with one attached hydrogen (secondary N) is 1. The molecule has 0 radical (unpaired) electrons. The van der Waals surface area contributed by atoms with Gasteiger partial charge in [-0.1, -0.05) is 23.7 Å². The summed E-state index contributed by atoms with van der Waals surface area (Å²) in [6.45, 7) is 5.08. The predicted molar refractivity (Wildman–Crippen MR) is 106 cm³/mol. The average molecular weight is 376 g/mol. The van der Waals surface area contributed by atoms with Crippen molar-refractivity contribution in [3.63, 3.8) is 0 Å². The van der Waals surface area contributed by atoms with E-state index in [1.54, 1.807) is 13.3 Å². The van der Waals surface area contributed by atoms with Crippen molar-refractivity contribution >= 4 is 23.0 Å². The molecule has 1 fully saturated rings. The molecule has 0 saturated heterocycles. The van der Waals surface area contributed by atoms with Gasteiger partial charge in [-0.05, 0) is 44.7 Å². The van der Waals surface area contributed by atoms with Crippen molar-refractivity contribution in [2.75, 3.05) is 31.5 Å². The van der Waals surface area contributed by atoms with Crippen LogP contribution in [0.5, 0.6) is 0 Å². The van der Waals surface area contributed by atoms with E-state index in [1.165, 1.54) is 12.8 Å². The number of anilines is 2. The van der Waals surface area contributed by atoms with Crippen LogP contribution in [0.2, 0.25) is 5.02 Å². The molecule has 1 heterocycles. The van der Waals surface area contributed by atoms with E-state index >= 15 is 0 Å². The van der Waals surface area contributed by atoms with Crippen molar-refractivity contribution in [1.82, 2.24) is 4.98 Å². The van der Waals surface area contributed by atoms with Gasteiger partial charge in [0, 0.05) is 31.0 Å². The first-order valence-corrected chi connectivity index (χ1v) is 9.22. The standard InChI is InChI=1S/C20H26ClN3O2/c1-20(2,26-12-25-3)17-9-6-14(11-24-17)15-7-8-16(19(22)18(15)21)23-10-13-4-5-13/h6-9,11,13,23H,4-5,10,12,22H2,1-3H3. The summed E-state index contributed by atoms with van der Waals surface area (Å²) in [7, 11) is 1.60. The Bertz CT molecular complexity index is 758. The Morgan fingerprint density at radius 3 is 2.65 bits per heavy atom. The topological polar surface area (TPSA) is 69.4 Å². The second-order valence-electron chi connectivity index (χ2n) is 7.21. The number of nitrogens with two attached hydrogens (primary N) is 1. The quantitative estimate of drug-likeness (QED) is 0.518. The minimum Gasteiger partial charge on any atom is -0.396 e. The maximum Gasteiger partial charge on any atom is 0.147 e. The van der Waals surface area contributed by atoms with Crippen LogP contribution in [0.25, 0.3) is 11.1 Å². The predicted octanol–water partition coefficient (Wildman–Crippen LogP) is 4.66. The van der Waals surface area contributed by atoms with Crippen LogP contribution in [0.4, 0.5) is 11.4 Å². The molecule has 3 rings (SSSR count). The van der Waals surface area contributed by atoms with E-state index in [4.69, 9.17) is 26.8 Å². The summed E-state index contributed by atoms with van der Waals surface area (Å²) in [5, 5.41) is 3.94. The molecular weight excluding hydrogens is 350 g/mol. The van der Waals surface area contributed by atoms with E-state index in [0.29, 0.717) is 10.7 Å². The molecule has 1 aromatic carbocycles. The minimum absolute atomic E-state index is 0.216. The number of pyridine rings is 1. The van der Waals surface area contributed by atoms with Crippen LogP contribution in [-0.2, 0) is 15.1 Å². The van der Waals surface area contributed by atoms with E-state index in [-0.39, 0.29) is 6.79 Å². The molecule has 0 amide bonds. The molecule has 1 aliphatic carbocycles. The van der Waals surface area contributed by atoms with E-state index in [9.17, 15) is 0 Å². The largest absolute Gasteiger partial charge is 0.396 e. The highest BCUT2D eigenvalue weighted by Gasteiger charge is 2.23. The van der Waals surface area contributed by atoms with Crippen molar-refractivity contribution < 1.29 is 9.47 Å². The summed E-state index contributed by atoms with van der Waals surface area (Å²) in [6.07, 6.45) is 4.38. The third kappa shape index (κ3) is 4.29. The van der Waals surface area contributed by atoms with Gasteiger partial charge in [-0.25, -0.2) is 0 Å². The molecule has 0 aliphatic heterocycles. The molecule has 0 spiro atoms. The lowest BCUT2D eigenvalue weighted by atomic mass is 10.0. The molecule has 1 saturated carbocycles. The number of hydrogen-bond acceptors (Lipinski definition) is 5. The SMILES string of the molecule is COCOC(C)(C)c1ccc(-c2ccc(NCC3CC3)c(N)c2Cl)cn1. The number of nitrogens with zero attached hydrogens (tertiary/aromatic N) is 1. The number of hydrogen-bond donors (Lipinski definition) is 2. The molecule has 6 heteroatoms. The normalized spacial score (nSPS) is 14.5. The summed E-state index contributed by atoms with van der Waals surface area (Å²) in [5.41, 5.74) is 9.79. The van der Waals surface area contributed by atoms with Gasteiger partial charge in [0.25, 0.3) is 0 Å². The number of aromatic nitrogens is 1. The number of halogens is 1.